The van der Waals surface area contributed by atoms with Gasteiger partial charge in [0.2, 0.25) is 0 Å². The van der Waals surface area contributed by atoms with Crippen LogP contribution in [0, 0.1) is 5.41 Å². The number of hydrogen-bond acceptors (Lipinski definition) is 4. The van der Waals surface area contributed by atoms with Gasteiger partial charge in [-0.05, 0) is 61.8 Å². The summed E-state index contributed by atoms with van der Waals surface area (Å²) in [7, 11) is 1.69. The number of fused-ring (bicyclic) bond motifs is 2. The van der Waals surface area contributed by atoms with Gasteiger partial charge in [0.25, 0.3) is 5.91 Å². The van der Waals surface area contributed by atoms with Crippen molar-refractivity contribution in [3.63, 3.8) is 0 Å². The van der Waals surface area contributed by atoms with Gasteiger partial charge in [-0.25, -0.2) is 4.99 Å². The topological polar surface area (TPSA) is 67.9 Å². The van der Waals surface area contributed by atoms with E-state index >= 15 is 0 Å². The summed E-state index contributed by atoms with van der Waals surface area (Å²) in [5.74, 6) is 0.924. The molecule has 1 amide bonds. The first-order valence-corrected chi connectivity index (χ1v) is 9.70. The van der Waals surface area contributed by atoms with Gasteiger partial charge in [0.05, 0.1) is 0 Å². The fraction of sp³-hybridized carbons (Fsp3) is 0.545. The minimum absolute atomic E-state index is 0.0754. The maximum Gasteiger partial charge on any atom is 0.261 e. The van der Waals surface area contributed by atoms with Crippen LogP contribution in [0.4, 0.5) is 0 Å². The van der Waals surface area contributed by atoms with Crippen molar-refractivity contribution >= 4 is 17.4 Å². The highest BCUT2D eigenvalue weighted by atomic mass is 16.5. The molecule has 1 spiro atoms. The number of guanidine groups is 1. The molecule has 0 bridgehead atoms. The van der Waals surface area contributed by atoms with Crippen LogP contribution in [-0.2, 0) is 10.3 Å². The third kappa shape index (κ3) is 2.84. The van der Waals surface area contributed by atoms with Gasteiger partial charge in [0, 0.05) is 19.0 Å². The van der Waals surface area contributed by atoms with Crippen molar-refractivity contribution in [2.75, 3.05) is 7.05 Å². The Morgan fingerprint density at radius 3 is 2.56 bits per heavy atom. The minimum atomic E-state index is -0.986. The van der Waals surface area contributed by atoms with E-state index in [0.717, 1.165) is 36.1 Å². The maximum absolute atomic E-state index is 13.2. The van der Waals surface area contributed by atoms with Crippen molar-refractivity contribution in [3.05, 3.63) is 35.4 Å². The maximum atomic E-state index is 13.2. The number of amides is 1. The number of nitrogens with two attached hydrogens (primary N) is 1. The first kappa shape index (κ1) is 18.1. The van der Waals surface area contributed by atoms with Crippen LogP contribution in [-0.4, -0.2) is 29.4 Å². The van der Waals surface area contributed by atoms with Gasteiger partial charge in [-0.2, -0.15) is 0 Å². The molecule has 0 radical (unpaired) electrons. The Hall–Kier alpha value is -2.30. The average molecular weight is 367 g/mol. The van der Waals surface area contributed by atoms with E-state index in [0.29, 0.717) is 11.8 Å². The largest absolute Gasteiger partial charge is 0.487 e. The van der Waals surface area contributed by atoms with Crippen molar-refractivity contribution in [1.82, 2.24) is 4.90 Å². The molecule has 1 aromatic carbocycles. The van der Waals surface area contributed by atoms with Crippen molar-refractivity contribution in [2.24, 2.45) is 16.1 Å². The zero-order valence-corrected chi connectivity index (χ0v) is 16.9. The SMILES string of the molecule is CN1C(=O)C2(CC(C)(C)Oc3ccc(C4=CCC(C)(C)CC4)cc32)N=C1N. The van der Waals surface area contributed by atoms with Gasteiger partial charge in [-0.1, -0.05) is 26.0 Å². The molecule has 0 saturated carbocycles. The average Bonchev–Trinajstić information content (AvgIpc) is 2.78. The van der Waals surface area contributed by atoms with Crippen LogP contribution in [0.1, 0.15) is 64.5 Å². The molecule has 3 aliphatic rings. The van der Waals surface area contributed by atoms with E-state index in [2.05, 4.69) is 37.0 Å². The van der Waals surface area contributed by atoms with Gasteiger partial charge in [-0.3, -0.25) is 9.69 Å². The second kappa shape index (κ2) is 5.60. The molecule has 144 valence electrons. The highest BCUT2D eigenvalue weighted by Crippen LogP contribution is 2.50. The number of benzene rings is 1. The molecule has 1 atom stereocenters. The molecule has 2 heterocycles. The summed E-state index contributed by atoms with van der Waals surface area (Å²) in [5, 5.41) is 0. The Balaban J connectivity index is 1.83. The number of carbonyl (C=O) groups excluding carboxylic acids is 1. The van der Waals surface area contributed by atoms with Gasteiger partial charge in [0.15, 0.2) is 11.5 Å². The Bertz CT molecular complexity index is 882. The lowest BCUT2D eigenvalue weighted by atomic mass is 9.74. The smallest absolute Gasteiger partial charge is 0.261 e. The monoisotopic (exact) mass is 367 g/mol. The fourth-order valence-corrected chi connectivity index (χ4v) is 4.52. The zero-order valence-electron chi connectivity index (χ0n) is 16.9. The van der Waals surface area contributed by atoms with Crippen molar-refractivity contribution < 1.29 is 9.53 Å². The zero-order chi connectivity index (χ0) is 19.6. The first-order chi connectivity index (χ1) is 12.5. The lowest BCUT2D eigenvalue weighted by molar-refractivity contribution is -0.133. The molecule has 5 nitrogen and oxygen atoms in total. The number of aliphatic imine (C=N–C) groups is 1. The number of rotatable bonds is 1. The van der Waals surface area contributed by atoms with E-state index in [-0.39, 0.29) is 11.9 Å². The van der Waals surface area contributed by atoms with E-state index in [1.54, 1.807) is 7.05 Å². The van der Waals surface area contributed by atoms with Crippen LogP contribution in [0.15, 0.2) is 29.3 Å². The summed E-state index contributed by atoms with van der Waals surface area (Å²) < 4.78 is 6.20. The molecule has 5 heteroatoms. The summed E-state index contributed by atoms with van der Waals surface area (Å²) in [6, 6.07) is 6.20. The van der Waals surface area contributed by atoms with E-state index < -0.39 is 11.1 Å². The van der Waals surface area contributed by atoms with Crippen molar-refractivity contribution in [3.8, 4) is 5.75 Å². The van der Waals surface area contributed by atoms with Crippen LogP contribution < -0.4 is 10.5 Å². The number of hydrogen-bond donors (Lipinski definition) is 1. The number of nitrogens with zero attached hydrogens (tertiary/aromatic N) is 2. The predicted molar refractivity (Wildman–Crippen MR) is 107 cm³/mol. The van der Waals surface area contributed by atoms with Crippen LogP contribution in [0.5, 0.6) is 5.75 Å². The highest BCUT2D eigenvalue weighted by Gasteiger charge is 2.55. The van der Waals surface area contributed by atoms with Gasteiger partial charge in [0.1, 0.15) is 11.4 Å². The van der Waals surface area contributed by atoms with E-state index in [1.165, 1.54) is 10.5 Å². The first-order valence-electron chi connectivity index (χ1n) is 9.70. The summed E-state index contributed by atoms with van der Waals surface area (Å²) >= 11 is 0. The molecule has 27 heavy (non-hydrogen) atoms. The number of carbonyl (C=O) groups is 1. The Kier molecular flexibility index (Phi) is 3.75. The molecule has 0 fully saturated rings. The van der Waals surface area contributed by atoms with E-state index in [4.69, 9.17) is 10.5 Å². The normalized spacial score (nSPS) is 28.5. The second-order valence-electron chi connectivity index (χ2n) is 9.54. The third-order valence-electron chi connectivity index (χ3n) is 6.14. The molecular weight excluding hydrogens is 338 g/mol. The molecule has 2 aliphatic heterocycles. The van der Waals surface area contributed by atoms with Gasteiger partial charge in [-0.15, -0.1) is 0 Å². The third-order valence-corrected chi connectivity index (χ3v) is 6.14. The van der Waals surface area contributed by atoms with Crippen molar-refractivity contribution in [2.45, 2.75) is 64.5 Å². The van der Waals surface area contributed by atoms with Crippen LogP contribution in [0.25, 0.3) is 5.57 Å². The molecule has 0 aromatic heterocycles. The van der Waals surface area contributed by atoms with Gasteiger partial charge < -0.3 is 10.5 Å². The Labute approximate surface area is 161 Å². The van der Waals surface area contributed by atoms with Crippen LogP contribution >= 0.6 is 0 Å². The molecule has 4 rings (SSSR count). The summed E-state index contributed by atoms with van der Waals surface area (Å²) in [6.45, 7) is 8.61. The lowest BCUT2D eigenvalue weighted by Gasteiger charge is -2.41. The Morgan fingerprint density at radius 1 is 1.22 bits per heavy atom. The molecule has 1 unspecified atom stereocenters. The molecule has 2 N–H and O–H groups in total. The van der Waals surface area contributed by atoms with Crippen LogP contribution in [0.3, 0.4) is 0 Å². The number of allylic oxidation sites excluding steroid dienone is 2. The second-order valence-corrected chi connectivity index (χ2v) is 9.54. The standard InChI is InChI=1S/C22H29N3O2/c1-20(2)10-8-14(9-11-20)15-6-7-17-16(12-15)22(13-21(3,4)27-17)18(26)25(5)19(23)24-22/h6-8,12H,9-11,13H2,1-5H3,(H2,23,24). The number of ether oxygens (including phenoxy) is 1. The highest BCUT2D eigenvalue weighted by molar-refractivity contribution is 6.07. The minimum Gasteiger partial charge on any atom is -0.487 e. The van der Waals surface area contributed by atoms with Crippen LogP contribution in [0.2, 0.25) is 0 Å². The quantitative estimate of drug-likeness (QED) is 0.820. The fourth-order valence-electron chi connectivity index (χ4n) is 4.52. The summed E-state index contributed by atoms with van der Waals surface area (Å²) in [4.78, 5) is 19.3. The summed E-state index contributed by atoms with van der Waals surface area (Å²) in [5.41, 5.74) is 8.24. The molecule has 1 aromatic rings. The summed E-state index contributed by atoms with van der Waals surface area (Å²) in [6.07, 6.45) is 6.10. The number of likely N-dealkylation sites (N-methyl/N-ethyl adjacent to an activating group) is 1. The predicted octanol–water partition coefficient (Wildman–Crippen LogP) is 3.82. The van der Waals surface area contributed by atoms with E-state index in [1.807, 2.05) is 19.9 Å². The lowest BCUT2D eigenvalue weighted by Crippen LogP contribution is -2.49. The Morgan fingerprint density at radius 2 is 1.96 bits per heavy atom. The molecule has 0 saturated heterocycles. The molecular formula is C22H29N3O2. The van der Waals surface area contributed by atoms with E-state index in [9.17, 15) is 4.79 Å². The molecule has 1 aliphatic carbocycles. The van der Waals surface area contributed by atoms with Crippen molar-refractivity contribution in [1.29, 1.82) is 0 Å². The van der Waals surface area contributed by atoms with Gasteiger partial charge >= 0.3 is 0 Å².